The topological polar surface area (TPSA) is 113 Å². The Balaban J connectivity index is 1.22. The zero-order chi connectivity index (χ0) is 36.4. The zero-order valence-corrected chi connectivity index (χ0v) is 32.7. The Hall–Kier alpha value is -2.03. The lowest BCUT2D eigenvalue weighted by molar-refractivity contribution is -0.214. The third kappa shape index (κ3) is 6.15. The van der Waals surface area contributed by atoms with E-state index in [0.717, 1.165) is 69.9 Å². The first-order valence-corrected chi connectivity index (χ1v) is 20.4. The summed E-state index contributed by atoms with van der Waals surface area (Å²) in [6, 6.07) is 4.24. The second-order valence-electron chi connectivity index (χ2n) is 19.0. The number of carbonyl (C=O) groups is 3. The maximum atomic E-state index is 13.9. The number of aliphatic carboxylic acids is 1. The van der Waals surface area contributed by atoms with Gasteiger partial charge in [-0.15, -0.1) is 11.3 Å². The summed E-state index contributed by atoms with van der Waals surface area (Å²) in [5.41, 5.74) is 0.752. The Morgan fingerprint density at radius 1 is 1.02 bits per heavy atom. The summed E-state index contributed by atoms with van der Waals surface area (Å²) in [6.45, 7) is 18.5. The summed E-state index contributed by atoms with van der Waals surface area (Å²) < 4.78 is 6.14. The van der Waals surface area contributed by atoms with E-state index in [9.17, 15) is 24.6 Å². The molecule has 0 bridgehead atoms. The predicted octanol–water partition coefficient (Wildman–Crippen LogP) is 8.24. The molecule has 4 fully saturated rings. The summed E-state index contributed by atoms with van der Waals surface area (Å²) in [4.78, 5) is 40.0. The number of ketones is 1. The molecule has 7 nitrogen and oxygen atoms in total. The Morgan fingerprint density at radius 3 is 2.40 bits per heavy atom. The largest absolute Gasteiger partial charge is 0.481 e. The number of rotatable bonds is 11. The highest BCUT2D eigenvalue weighted by molar-refractivity contribution is 7.09. The Labute approximate surface area is 304 Å². The molecule has 0 amide bonds. The zero-order valence-electron chi connectivity index (χ0n) is 31.9. The molecule has 0 aliphatic heterocycles. The molecular weight excluding hydrogens is 647 g/mol. The lowest BCUT2D eigenvalue weighted by atomic mass is 9.36. The van der Waals surface area contributed by atoms with Gasteiger partial charge in [0.15, 0.2) is 5.78 Å². The predicted molar refractivity (Wildman–Crippen MR) is 198 cm³/mol. The molecule has 278 valence electrons. The van der Waals surface area contributed by atoms with Crippen molar-refractivity contribution >= 4 is 29.1 Å². The van der Waals surface area contributed by atoms with E-state index >= 15 is 0 Å². The van der Waals surface area contributed by atoms with E-state index in [1.807, 2.05) is 0 Å². The average molecular weight is 710 g/mol. The molecule has 5 aliphatic carbocycles. The molecule has 1 aromatic heterocycles. The summed E-state index contributed by atoms with van der Waals surface area (Å²) in [7, 11) is 0. The maximum Gasteiger partial charge on any atom is 0.309 e. The smallest absolute Gasteiger partial charge is 0.309 e. The highest BCUT2D eigenvalue weighted by Gasteiger charge is 2.67. The van der Waals surface area contributed by atoms with Crippen molar-refractivity contribution in [3.05, 3.63) is 33.5 Å². The summed E-state index contributed by atoms with van der Waals surface area (Å²) in [6.07, 6.45) is 8.56. The monoisotopic (exact) mass is 709 g/mol. The third-order valence-corrected chi connectivity index (χ3v) is 16.1. The number of carboxylic acid groups (broad SMARTS) is 1. The first-order valence-electron chi connectivity index (χ1n) is 19.5. The van der Waals surface area contributed by atoms with Crippen LogP contribution in [0.2, 0.25) is 0 Å². The maximum absolute atomic E-state index is 13.9. The van der Waals surface area contributed by atoms with Gasteiger partial charge in [-0.3, -0.25) is 14.4 Å². The molecule has 4 saturated carbocycles. The molecule has 0 spiro atoms. The lowest BCUT2D eigenvalue weighted by Crippen LogP contribution is -2.63. The Kier molecular flexibility index (Phi) is 10.1. The number of carboxylic acids is 1. The van der Waals surface area contributed by atoms with Gasteiger partial charge in [0.2, 0.25) is 0 Å². The summed E-state index contributed by atoms with van der Waals surface area (Å²) in [5, 5.41) is 27.3. The number of Topliss-reactive ketones (excluding diaryl/α,β-unsaturated/α-hetero) is 1. The van der Waals surface area contributed by atoms with Crippen molar-refractivity contribution in [2.75, 3.05) is 13.1 Å². The molecule has 6 rings (SSSR count). The number of thiophene rings is 1. The normalized spacial score (nSPS) is 37.1. The number of aliphatic hydroxyl groups excluding tert-OH is 1. The van der Waals surface area contributed by atoms with Crippen LogP contribution >= 0.6 is 11.3 Å². The molecular formula is C42H63NO6S. The number of hydrogen-bond donors (Lipinski definition) is 3. The van der Waals surface area contributed by atoms with Gasteiger partial charge in [-0.25, -0.2) is 0 Å². The van der Waals surface area contributed by atoms with Crippen molar-refractivity contribution in [1.82, 2.24) is 5.32 Å². The Morgan fingerprint density at radius 2 is 1.74 bits per heavy atom. The molecule has 1 aromatic rings. The van der Waals surface area contributed by atoms with E-state index < -0.39 is 28.9 Å². The summed E-state index contributed by atoms with van der Waals surface area (Å²) in [5.74, 6) is 0.761. The van der Waals surface area contributed by atoms with Crippen LogP contribution in [0.5, 0.6) is 0 Å². The second-order valence-corrected chi connectivity index (χ2v) is 20.0. The molecule has 50 heavy (non-hydrogen) atoms. The number of allylic oxidation sites excluding steroid dienone is 1. The molecule has 0 radical (unpaired) electrons. The van der Waals surface area contributed by atoms with Crippen LogP contribution in [0.15, 0.2) is 28.7 Å². The van der Waals surface area contributed by atoms with E-state index in [0.29, 0.717) is 36.6 Å². The summed E-state index contributed by atoms with van der Waals surface area (Å²) >= 11 is 1.77. The van der Waals surface area contributed by atoms with Crippen molar-refractivity contribution in [2.45, 2.75) is 138 Å². The van der Waals surface area contributed by atoms with E-state index in [1.165, 1.54) is 10.5 Å². The molecule has 5 aliphatic rings. The van der Waals surface area contributed by atoms with Gasteiger partial charge in [0.25, 0.3) is 0 Å². The standard InChI is InChI=1S/C42H63NO6S/c1-25(2)35-29(44)22-42(32(45)24-43-20-16-26-10-9-21-50-26)19-13-28-27(36(35)42)11-12-31-40(28,7)17-14-30-39(5,6)33(15-18-41(30,31)8)49-34(46)23-38(3,4)37(47)48/h9-10,21,25,27-28,30-33,43,45H,11-20,22-24H2,1-8H3,(H,47,48). The third-order valence-electron chi connectivity index (χ3n) is 15.1. The van der Waals surface area contributed by atoms with Crippen LogP contribution in [-0.2, 0) is 25.5 Å². The van der Waals surface area contributed by atoms with Crippen LogP contribution in [0.4, 0.5) is 0 Å². The molecule has 9 unspecified atom stereocenters. The minimum Gasteiger partial charge on any atom is -0.481 e. The second kappa shape index (κ2) is 13.4. The van der Waals surface area contributed by atoms with Gasteiger partial charge in [-0.1, -0.05) is 53.2 Å². The molecule has 3 N–H and O–H groups in total. The number of hydrogen-bond acceptors (Lipinski definition) is 7. The van der Waals surface area contributed by atoms with Gasteiger partial charge in [-0.2, -0.15) is 0 Å². The highest BCUT2D eigenvalue weighted by Crippen LogP contribution is 2.73. The van der Waals surface area contributed by atoms with Gasteiger partial charge in [0, 0.05) is 35.2 Å². The number of carbonyl (C=O) groups excluding carboxylic acids is 2. The molecule has 8 heteroatoms. The fourth-order valence-corrected chi connectivity index (χ4v) is 13.4. The van der Waals surface area contributed by atoms with Crippen molar-refractivity contribution in [3.8, 4) is 0 Å². The van der Waals surface area contributed by atoms with E-state index in [4.69, 9.17) is 4.74 Å². The quantitative estimate of drug-likeness (QED) is 0.157. The van der Waals surface area contributed by atoms with E-state index in [1.54, 1.807) is 25.2 Å². The Bertz CT molecular complexity index is 1490. The number of fused-ring (bicyclic) bond motifs is 7. The highest BCUT2D eigenvalue weighted by atomic mass is 32.1. The number of ether oxygens (including phenoxy) is 1. The fraction of sp³-hybridized carbons (Fsp3) is 0.786. The fourth-order valence-electron chi connectivity index (χ4n) is 12.7. The minimum atomic E-state index is -1.15. The van der Waals surface area contributed by atoms with Crippen LogP contribution < -0.4 is 5.32 Å². The average Bonchev–Trinajstić information content (AvgIpc) is 3.66. The van der Waals surface area contributed by atoms with Gasteiger partial charge in [-0.05, 0) is 129 Å². The van der Waals surface area contributed by atoms with E-state index in [-0.39, 0.29) is 40.5 Å². The molecule has 1 heterocycles. The number of aliphatic hydroxyl groups is 1. The number of nitrogens with one attached hydrogen (secondary N) is 1. The van der Waals surface area contributed by atoms with Crippen LogP contribution in [0.1, 0.15) is 124 Å². The van der Waals surface area contributed by atoms with Crippen LogP contribution in [-0.4, -0.2) is 53.2 Å². The van der Waals surface area contributed by atoms with Gasteiger partial charge < -0.3 is 20.3 Å². The molecule has 0 saturated heterocycles. The van der Waals surface area contributed by atoms with Gasteiger partial charge in [0.05, 0.1) is 17.9 Å². The first-order chi connectivity index (χ1) is 23.4. The SMILES string of the molecule is CC(C)C1=C2C3CCC4C(C)(CCC5C(C)(C)C(OC(=O)CC(C)(C)C(=O)O)CCC54C)C3CCC2(C(O)CNCCc2cccs2)CC1=O. The van der Waals surface area contributed by atoms with Gasteiger partial charge in [0.1, 0.15) is 6.10 Å². The van der Waals surface area contributed by atoms with Crippen molar-refractivity contribution in [1.29, 1.82) is 0 Å². The van der Waals surface area contributed by atoms with Crippen molar-refractivity contribution in [2.24, 2.45) is 56.7 Å². The van der Waals surface area contributed by atoms with Crippen molar-refractivity contribution < 1.29 is 29.3 Å². The van der Waals surface area contributed by atoms with Gasteiger partial charge >= 0.3 is 11.9 Å². The van der Waals surface area contributed by atoms with Crippen molar-refractivity contribution in [3.63, 3.8) is 0 Å². The van der Waals surface area contributed by atoms with Crippen LogP contribution in [0.25, 0.3) is 0 Å². The first kappa shape index (κ1) is 37.7. The lowest BCUT2D eigenvalue weighted by Gasteiger charge is -2.69. The van der Waals surface area contributed by atoms with Crippen LogP contribution in [0, 0.1) is 56.7 Å². The number of esters is 1. The molecule has 9 atom stereocenters. The van der Waals surface area contributed by atoms with E-state index in [2.05, 4.69) is 64.4 Å². The van der Waals surface area contributed by atoms with Crippen LogP contribution in [0.3, 0.4) is 0 Å². The minimum absolute atomic E-state index is 0.103. The molecule has 0 aromatic carbocycles.